The van der Waals surface area contributed by atoms with Crippen molar-refractivity contribution in [3.63, 3.8) is 0 Å². The van der Waals surface area contributed by atoms with Gasteiger partial charge in [0, 0.05) is 0 Å². The minimum atomic E-state index is -4.57. The highest BCUT2D eigenvalue weighted by molar-refractivity contribution is 6.44. The quantitative estimate of drug-likeness (QED) is 0.541. The van der Waals surface area contributed by atoms with Gasteiger partial charge in [0.1, 0.15) is 13.2 Å². The van der Waals surface area contributed by atoms with Crippen molar-refractivity contribution in [3.05, 3.63) is 0 Å². The number of rotatable bonds is 5. The van der Waals surface area contributed by atoms with Gasteiger partial charge < -0.3 is 9.31 Å². The second-order valence-corrected chi connectivity index (χ2v) is 2.69. The minimum absolute atomic E-state index is 0.0911. The number of alkyl halides is 6. The molecular weight excluding hydrogens is 229 g/mol. The van der Waals surface area contributed by atoms with Gasteiger partial charge in [0.15, 0.2) is 0 Å². The van der Waals surface area contributed by atoms with E-state index in [0.717, 1.165) is 0 Å². The minimum Gasteiger partial charge on any atom is -0.402 e. The van der Waals surface area contributed by atoms with Gasteiger partial charge in [0.25, 0.3) is 0 Å². The number of halogens is 6. The molecule has 0 saturated carbocycles. The molecule has 0 aliphatic rings. The van der Waals surface area contributed by atoms with Crippen LogP contribution >= 0.6 is 0 Å². The Balaban J connectivity index is 3.84. The molecule has 90 valence electrons. The van der Waals surface area contributed by atoms with Gasteiger partial charge in [-0.25, -0.2) is 0 Å². The second kappa shape index (κ2) is 5.59. The molecule has 9 heteroatoms. The Morgan fingerprint density at radius 2 is 1.20 bits per heavy atom. The van der Waals surface area contributed by atoms with Crippen LogP contribution in [-0.4, -0.2) is 32.7 Å². The molecule has 0 spiro atoms. The van der Waals surface area contributed by atoms with E-state index in [0.29, 0.717) is 0 Å². The summed E-state index contributed by atoms with van der Waals surface area (Å²) in [5, 5.41) is 0. The normalized spacial score (nSPS) is 13.0. The molecule has 0 saturated heterocycles. The van der Waals surface area contributed by atoms with Gasteiger partial charge in [0.2, 0.25) is 0 Å². The molecule has 0 N–H and O–H groups in total. The highest BCUT2D eigenvalue weighted by Gasteiger charge is 2.34. The maximum absolute atomic E-state index is 11.6. The zero-order valence-corrected chi connectivity index (χ0v) is 7.78. The van der Waals surface area contributed by atoms with E-state index >= 15 is 0 Å². The topological polar surface area (TPSA) is 18.5 Å². The third kappa shape index (κ3) is 9.86. The Hall–Kier alpha value is -0.435. The fourth-order valence-electron chi connectivity index (χ4n) is 0.659. The first-order valence-corrected chi connectivity index (χ1v) is 4.01. The van der Waals surface area contributed by atoms with E-state index in [1.807, 2.05) is 0 Å². The second-order valence-electron chi connectivity index (χ2n) is 2.69. The molecule has 0 aliphatic heterocycles. The summed E-state index contributed by atoms with van der Waals surface area (Å²) in [5.74, 6) is 0. The lowest BCUT2D eigenvalue weighted by atomic mass is 9.86. The molecule has 15 heavy (non-hydrogen) atoms. The molecule has 0 aromatic rings. The molecule has 0 aromatic carbocycles. The van der Waals surface area contributed by atoms with Crippen molar-refractivity contribution in [1.29, 1.82) is 0 Å². The SMILES string of the molecule is CCB(OCC(F)(F)F)OCC(F)(F)F. The molecule has 0 fully saturated rings. The standard InChI is InChI=1S/C6H9BF6O2/c1-2-7(14-3-5(8,9)10)15-4-6(11,12)13/h2-4H2,1H3. The highest BCUT2D eigenvalue weighted by atomic mass is 19.4. The Kier molecular flexibility index (Phi) is 5.43. The summed E-state index contributed by atoms with van der Waals surface area (Å²) in [4.78, 5) is 0. The average molecular weight is 238 g/mol. The number of hydrogen-bond acceptors (Lipinski definition) is 2. The van der Waals surface area contributed by atoms with Gasteiger partial charge >= 0.3 is 19.5 Å². The summed E-state index contributed by atoms with van der Waals surface area (Å²) >= 11 is 0. The first-order chi connectivity index (χ1) is 6.64. The maximum Gasteiger partial charge on any atom is 0.457 e. The van der Waals surface area contributed by atoms with Crippen LogP contribution in [0.25, 0.3) is 0 Å². The first kappa shape index (κ1) is 14.6. The van der Waals surface area contributed by atoms with Crippen LogP contribution in [0.1, 0.15) is 6.92 Å². The Labute approximate surface area is 82.7 Å². The van der Waals surface area contributed by atoms with Crippen LogP contribution in [0, 0.1) is 0 Å². The van der Waals surface area contributed by atoms with Gasteiger partial charge in [-0.2, -0.15) is 26.3 Å². The Morgan fingerprint density at radius 3 is 1.40 bits per heavy atom. The Bertz CT molecular complexity index is 161. The summed E-state index contributed by atoms with van der Waals surface area (Å²) in [6.45, 7) is -1.88. The van der Waals surface area contributed by atoms with Crippen LogP contribution in [0.3, 0.4) is 0 Å². The molecular formula is C6H9BF6O2. The smallest absolute Gasteiger partial charge is 0.402 e. The van der Waals surface area contributed by atoms with Gasteiger partial charge in [-0.05, 0) is 6.32 Å². The van der Waals surface area contributed by atoms with Crippen LogP contribution in [0.15, 0.2) is 0 Å². The van der Waals surface area contributed by atoms with E-state index in [1.165, 1.54) is 6.92 Å². The molecule has 2 nitrogen and oxygen atoms in total. The van der Waals surface area contributed by atoms with E-state index in [1.54, 1.807) is 0 Å². The van der Waals surface area contributed by atoms with Crippen LogP contribution in [0.5, 0.6) is 0 Å². The molecule has 0 radical (unpaired) electrons. The monoisotopic (exact) mass is 238 g/mol. The van der Waals surface area contributed by atoms with Crippen molar-refractivity contribution in [2.24, 2.45) is 0 Å². The molecule has 0 amide bonds. The van der Waals surface area contributed by atoms with Gasteiger partial charge in [-0.3, -0.25) is 0 Å². The number of hydrogen-bond donors (Lipinski definition) is 0. The molecule has 0 aromatic heterocycles. The van der Waals surface area contributed by atoms with Gasteiger partial charge in [-0.1, -0.05) is 6.92 Å². The average Bonchev–Trinajstić information content (AvgIpc) is 2.00. The van der Waals surface area contributed by atoms with E-state index in [4.69, 9.17) is 0 Å². The lowest BCUT2D eigenvalue weighted by Gasteiger charge is -2.15. The van der Waals surface area contributed by atoms with E-state index < -0.39 is 32.7 Å². The predicted molar refractivity (Wildman–Crippen MR) is 40.2 cm³/mol. The molecule has 0 aliphatic carbocycles. The summed E-state index contributed by atoms with van der Waals surface area (Å²) in [6.07, 6.45) is -9.24. The van der Waals surface area contributed by atoms with Crippen LogP contribution in [-0.2, 0) is 9.31 Å². The van der Waals surface area contributed by atoms with Crippen molar-refractivity contribution in [3.8, 4) is 0 Å². The van der Waals surface area contributed by atoms with Crippen molar-refractivity contribution in [2.75, 3.05) is 13.2 Å². The lowest BCUT2D eigenvalue weighted by Crippen LogP contribution is -2.32. The van der Waals surface area contributed by atoms with Gasteiger partial charge in [-0.15, -0.1) is 0 Å². The third-order valence-electron chi connectivity index (χ3n) is 1.20. The third-order valence-corrected chi connectivity index (χ3v) is 1.20. The largest absolute Gasteiger partial charge is 0.457 e. The van der Waals surface area contributed by atoms with Crippen molar-refractivity contribution in [2.45, 2.75) is 25.6 Å². The summed E-state index contributed by atoms with van der Waals surface area (Å²) in [5.41, 5.74) is 0. The van der Waals surface area contributed by atoms with Gasteiger partial charge in [0.05, 0.1) is 0 Å². The van der Waals surface area contributed by atoms with Crippen molar-refractivity contribution >= 4 is 7.12 Å². The van der Waals surface area contributed by atoms with Crippen LogP contribution in [0.4, 0.5) is 26.3 Å². The van der Waals surface area contributed by atoms with Crippen LogP contribution in [0.2, 0.25) is 6.32 Å². The summed E-state index contributed by atoms with van der Waals surface area (Å²) < 4.78 is 78.0. The van der Waals surface area contributed by atoms with E-state index in [9.17, 15) is 26.3 Å². The van der Waals surface area contributed by atoms with Crippen LogP contribution < -0.4 is 0 Å². The van der Waals surface area contributed by atoms with Crippen molar-refractivity contribution < 1.29 is 35.7 Å². The summed E-state index contributed by atoms with van der Waals surface area (Å²) in [6, 6.07) is 0. The lowest BCUT2D eigenvalue weighted by molar-refractivity contribution is -0.168. The van der Waals surface area contributed by atoms with Crippen molar-refractivity contribution in [1.82, 2.24) is 0 Å². The first-order valence-electron chi connectivity index (χ1n) is 4.01. The fraction of sp³-hybridized carbons (Fsp3) is 1.00. The zero-order valence-electron chi connectivity index (χ0n) is 7.78. The maximum atomic E-state index is 11.6. The van der Waals surface area contributed by atoms with E-state index in [2.05, 4.69) is 9.31 Å². The molecule has 0 heterocycles. The highest BCUT2D eigenvalue weighted by Crippen LogP contribution is 2.18. The molecule has 0 unspecified atom stereocenters. The Morgan fingerprint density at radius 1 is 0.867 bits per heavy atom. The zero-order chi connectivity index (χ0) is 12.1. The molecule has 0 atom stereocenters. The molecule has 0 rings (SSSR count). The molecule has 0 bridgehead atoms. The summed E-state index contributed by atoms with van der Waals surface area (Å²) in [7, 11) is -1.49. The van der Waals surface area contributed by atoms with E-state index in [-0.39, 0.29) is 6.32 Å². The predicted octanol–water partition coefficient (Wildman–Crippen LogP) is 2.65. The fourth-order valence-corrected chi connectivity index (χ4v) is 0.659.